The molecule has 0 spiro atoms. The Morgan fingerprint density at radius 1 is 1.08 bits per heavy atom. The minimum atomic E-state index is -4.13. The second kappa shape index (κ2) is 10.9. The van der Waals surface area contributed by atoms with Gasteiger partial charge in [-0.25, -0.2) is 13.3 Å². The van der Waals surface area contributed by atoms with Crippen molar-refractivity contribution in [3.63, 3.8) is 0 Å². The van der Waals surface area contributed by atoms with Gasteiger partial charge in [-0.1, -0.05) is 23.3 Å². The summed E-state index contributed by atoms with van der Waals surface area (Å²) in [4.78, 5) is 38.7. The maximum Gasteiger partial charge on any atom is 0.252 e. The highest BCUT2D eigenvalue weighted by atomic mass is 35.5. The zero-order valence-corrected chi connectivity index (χ0v) is 21.5. The van der Waals surface area contributed by atoms with E-state index >= 15 is 0 Å². The standard InChI is InChI=1S/C26H28ClN3O5S/c1-18(31)28-21-9-13-23(14-10-21)36(34,35)29(16-15-19-5-3-2-4-6-19)24-17-25(32)30(26(24)33)22-11-7-20(27)8-12-22/h5,7-14,24H,2-4,6,15-17H2,1H3,(H,28,31). The van der Waals surface area contributed by atoms with Crippen molar-refractivity contribution >= 4 is 50.7 Å². The van der Waals surface area contributed by atoms with Crippen LogP contribution in [-0.4, -0.2) is 43.0 Å². The lowest BCUT2D eigenvalue weighted by Crippen LogP contribution is -2.46. The summed E-state index contributed by atoms with van der Waals surface area (Å²) in [6.07, 6.45) is 6.39. The van der Waals surface area contributed by atoms with Crippen molar-refractivity contribution in [2.45, 2.75) is 56.4 Å². The summed E-state index contributed by atoms with van der Waals surface area (Å²) in [5.74, 6) is -1.32. The molecule has 0 bridgehead atoms. The molecule has 2 aromatic carbocycles. The highest BCUT2D eigenvalue weighted by molar-refractivity contribution is 7.89. The van der Waals surface area contributed by atoms with Crippen molar-refractivity contribution in [3.05, 3.63) is 65.2 Å². The normalized spacial score (nSPS) is 18.5. The van der Waals surface area contributed by atoms with Gasteiger partial charge in [-0.3, -0.25) is 14.4 Å². The molecular weight excluding hydrogens is 502 g/mol. The molecule has 2 aliphatic rings. The number of amides is 3. The quantitative estimate of drug-likeness (QED) is 0.400. The highest BCUT2D eigenvalue weighted by Crippen LogP contribution is 2.31. The van der Waals surface area contributed by atoms with Gasteiger partial charge in [-0.15, -0.1) is 0 Å². The van der Waals surface area contributed by atoms with Gasteiger partial charge in [0.1, 0.15) is 6.04 Å². The number of hydrogen-bond donors (Lipinski definition) is 1. The third-order valence-electron chi connectivity index (χ3n) is 6.37. The lowest BCUT2D eigenvalue weighted by molar-refractivity contribution is -0.122. The first-order valence-corrected chi connectivity index (χ1v) is 13.7. The fourth-order valence-electron chi connectivity index (χ4n) is 4.58. The summed E-state index contributed by atoms with van der Waals surface area (Å²) in [7, 11) is -4.13. The van der Waals surface area contributed by atoms with Crippen LogP contribution in [0.4, 0.5) is 11.4 Å². The van der Waals surface area contributed by atoms with Crippen molar-refractivity contribution in [1.82, 2.24) is 4.31 Å². The number of carbonyl (C=O) groups is 3. The molecular formula is C26H28ClN3O5S. The molecule has 1 N–H and O–H groups in total. The zero-order chi connectivity index (χ0) is 25.9. The number of hydrogen-bond acceptors (Lipinski definition) is 5. The van der Waals surface area contributed by atoms with Crippen molar-refractivity contribution in [2.75, 3.05) is 16.8 Å². The van der Waals surface area contributed by atoms with Gasteiger partial charge in [0.25, 0.3) is 5.91 Å². The number of benzene rings is 2. The average molecular weight is 530 g/mol. The van der Waals surface area contributed by atoms with Crippen molar-refractivity contribution in [2.24, 2.45) is 0 Å². The van der Waals surface area contributed by atoms with Gasteiger partial charge < -0.3 is 5.32 Å². The van der Waals surface area contributed by atoms with Gasteiger partial charge in [0, 0.05) is 24.2 Å². The van der Waals surface area contributed by atoms with Crippen LogP contribution in [0, 0.1) is 0 Å². The van der Waals surface area contributed by atoms with Gasteiger partial charge >= 0.3 is 0 Å². The van der Waals surface area contributed by atoms with Gasteiger partial charge in [-0.05, 0) is 80.6 Å². The lowest BCUT2D eigenvalue weighted by atomic mass is 9.97. The van der Waals surface area contributed by atoms with E-state index in [1.54, 1.807) is 24.3 Å². The molecule has 1 aliphatic heterocycles. The fraction of sp³-hybridized carbons (Fsp3) is 0.346. The summed E-state index contributed by atoms with van der Waals surface area (Å²) in [5.41, 5.74) is 1.97. The molecule has 36 heavy (non-hydrogen) atoms. The predicted octanol–water partition coefficient (Wildman–Crippen LogP) is 4.51. The highest BCUT2D eigenvalue weighted by Gasteiger charge is 2.46. The van der Waals surface area contributed by atoms with E-state index in [4.69, 9.17) is 11.6 Å². The molecule has 10 heteroatoms. The lowest BCUT2D eigenvalue weighted by Gasteiger charge is -2.28. The van der Waals surface area contributed by atoms with Gasteiger partial charge in [0.15, 0.2) is 0 Å². The Bertz CT molecular complexity index is 1290. The number of allylic oxidation sites excluding steroid dienone is 1. The van der Waals surface area contributed by atoms with Crippen molar-refractivity contribution in [1.29, 1.82) is 0 Å². The van der Waals surface area contributed by atoms with E-state index in [1.165, 1.54) is 31.2 Å². The van der Waals surface area contributed by atoms with Crippen LogP contribution in [0.3, 0.4) is 0 Å². The summed E-state index contributed by atoms with van der Waals surface area (Å²) in [6, 6.07) is 10.9. The first kappa shape index (κ1) is 26.1. The maximum absolute atomic E-state index is 13.8. The average Bonchev–Trinajstić information content (AvgIpc) is 3.14. The van der Waals surface area contributed by atoms with Gasteiger partial charge in [0.2, 0.25) is 21.8 Å². The second-order valence-electron chi connectivity index (χ2n) is 8.94. The monoisotopic (exact) mass is 529 g/mol. The maximum atomic E-state index is 13.8. The van der Waals surface area contributed by atoms with Gasteiger partial charge in [-0.2, -0.15) is 4.31 Å². The van der Waals surface area contributed by atoms with Crippen molar-refractivity contribution in [3.8, 4) is 0 Å². The Balaban J connectivity index is 1.65. The minimum absolute atomic E-state index is 0.0144. The van der Waals surface area contributed by atoms with Crippen LogP contribution in [0.1, 0.15) is 45.4 Å². The fourth-order valence-corrected chi connectivity index (χ4v) is 6.29. The Hall–Kier alpha value is -3.01. The van der Waals surface area contributed by atoms with E-state index in [9.17, 15) is 22.8 Å². The number of halogens is 1. The summed E-state index contributed by atoms with van der Waals surface area (Å²) in [5, 5.41) is 3.07. The topological polar surface area (TPSA) is 104 Å². The number of anilines is 2. The molecule has 1 aliphatic carbocycles. The number of imide groups is 1. The molecule has 0 aromatic heterocycles. The summed E-state index contributed by atoms with van der Waals surface area (Å²) in [6.45, 7) is 1.45. The number of carbonyl (C=O) groups excluding carboxylic acids is 3. The van der Waals surface area contributed by atoms with Crippen LogP contribution in [0.15, 0.2) is 65.1 Å². The van der Waals surface area contributed by atoms with E-state index < -0.39 is 27.9 Å². The van der Waals surface area contributed by atoms with E-state index in [1.807, 2.05) is 0 Å². The van der Waals surface area contributed by atoms with E-state index in [0.717, 1.165) is 40.5 Å². The Labute approximate surface area is 216 Å². The third kappa shape index (κ3) is 5.69. The van der Waals surface area contributed by atoms with Crippen LogP contribution < -0.4 is 10.2 Å². The molecule has 1 saturated heterocycles. The summed E-state index contributed by atoms with van der Waals surface area (Å²) >= 11 is 5.95. The van der Waals surface area contributed by atoms with Crippen LogP contribution in [0.25, 0.3) is 0 Å². The molecule has 1 atom stereocenters. The van der Waals surface area contributed by atoms with Crippen molar-refractivity contribution < 1.29 is 22.8 Å². The Kier molecular flexibility index (Phi) is 7.92. The number of rotatable bonds is 8. The third-order valence-corrected chi connectivity index (χ3v) is 8.55. The molecule has 0 saturated carbocycles. The molecule has 0 radical (unpaired) electrons. The van der Waals surface area contributed by atoms with Crippen LogP contribution in [-0.2, 0) is 24.4 Å². The SMILES string of the molecule is CC(=O)Nc1ccc(S(=O)(=O)N(CCC2=CCCCC2)C2CC(=O)N(c3ccc(Cl)cc3)C2=O)cc1. The first-order chi connectivity index (χ1) is 17.2. The zero-order valence-electron chi connectivity index (χ0n) is 19.9. The van der Waals surface area contributed by atoms with Crippen LogP contribution in [0.5, 0.6) is 0 Å². The van der Waals surface area contributed by atoms with Crippen LogP contribution in [0.2, 0.25) is 5.02 Å². The smallest absolute Gasteiger partial charge is 0.252 e. The minimum Gasteiger partial charge on any atom is -0.326 e. The van der Waals surface area contributed by atoms with E-state index in [0.29, 0.717) is 22.8 Å². The molecule has 1 unspecified atom stereocenters. The molecule has 2 aromatic rings. The number of nitrogens with one attached hydrogen (secondary N) is 1. The molecule has 4 rings (SSSR count). The predicted molar refractivity (Wildman–Crippen MR) is 138 cm³/mol. The Morgan fingerprint density at radius 3 is 2.39 bits per heavy atom. The number of sulfonamides is 1. The Morgan fingerprint density at radius 2 is 1.78 bits per heavy atom. The molecule has 8 nitrogen and oxygen atoms in total. The van der Waals surface area contributed by atoms with E-state index in [-0.39, 0.29) is 23.8 Å². The molecule has 3 amide bonds. The van der Waals surface area contributed by atoms with E-state index in [2.05, 4.69) is 11.4 Å². The number of nitrogens with zero attached hydrogens (tertiary/aromatic N) is 2. The molecule has 1 fully saturated rings. The molecule has 1 heterocycles. The largest absolute Gasteiger partial charge is 0.326 e. The first-order valence-electron chi connectivity index (χ1n) is 11.9. The summed E-state index contributed by atoms with van der Waals surface area (Å²) < 4.78 is 28.7. The second-order valence-corrected chi connectivity index (χ2v) is 11.3. The van der Waals surface area contributed by atoms with Gasteiger partial charge in [0.05, 0.1) is 17.0 Å². The van der Waals surface area contributed by atoms with Crippen LogP contribution >= 0.6 is 11.6 Å². The molecule has 190 valence electrons.